The number of carbonyl (C=O) groups is 1. The number of carbonyl (C=O) groups excluding carboxylic acids is 1. The van der Waals surface area contributed by atoms with Crippen molar-refractivity contribution in [1.82, 2.24) is 10.2 Å². The number of amides is 1. The summed E-state index contributed by atoms with van der Waals surface area (Å²) in [6.07, 6.45) is 0. The van der Waals surface area contributed by atoms with Crippen molar-refractivity contribution in [2.24, 2.45) is 0 Å². The first-order valence-electron chi connectivity index (χ1n) is 8.13. The average Bonchev–Trinajstić information content (AvgIpc) is 3.09. The Morgan fingerprint density at radius 1 is 1.19 bits per heavy atom. The van der Waals surface area contributed by atoms with Crippen molar-refractivity contribution in [3.63, 3.8) is 0 Å². The van der Waals surface area contributed by atoms with Crippen LogP contribution < -0.4 is 5.32 Å². The van der Waals surface area contributed by atoms with E-state index in [-0.39, 0.29) is 11.7 Å². The van der Waals surface area contributed by atoms with Gasteiger partial charge in [-0.2, -0.15) is 0 Å². The Bertz CT molecular complexity index is 894. The number of benzene rings is 2. The zero-order valence-electron chi connectivity index (χ0n) is 14.4. The van der Waals surface area contributed by atoms with Gasteiger partial charge in [0, 0.05) is 16.3 Å². The van der Waals surface area contributed by atoms with E-state index in [1.807, 2.05) is 36.4 Å². The normalized spacial score (nSPS) is 10.9. The second-order valence-corrected chi connectivity index (χ2v) is 7.36. The summed E-state index contributed by atoms with van der Waals surface area (Å²) in [4.78, 5) is 12.1. The minimum Gasteiger partial charge on any atom is -0.411 e. The zero-order chi connectivity index (χ0) is 18.5. The van der Waals surface area contributed by atoms with Crippen LogP contribution in [0.2, 0.25) is 5.02 Å². The molecule has 0 saturated heterocycles. The van der Waals surface area contributed by atoms with E-state index in [0.29, 0.717) is 22.1 Å². The van der Waals surface area contributed by atoms with Gasteiger partial charge in [-0.25, -0.2) is 0 Å². The van der Waals surface area contributed by atoms with Crippen LogP contribution in [0.25, 0.3) is 11.5 Å². The Kier molecular flexibility index (Phi) is 5.96. The molecule has 0 unspecified atom stereocenters. The first-order valence-corrected chi connectivity index (χ1v) is 9.49. The highest BCUT2D eigenvalue weighted by Gasteiger charge is 2.12. The number of halogens is 1. The molecule has 1 N–H and O–H groups in total. The summed E-state index contributed by atoms with van der Waals surface area (Å²) < 4.78 is 5.57. The molecule has 3 rings (SSSR count). The first kappa shape index (κ1) is 18.5. The van der Waals surface area contributed by atoms with Crippen molar-refractivity contribution in [2.45, 2.75) is 25.0 Å². The molecule has 26 heavy (non-hydrogen) atoms. The molecule has 3 aromatic rings. The van der Waals surface area contributed by atoms with Crippen LogP contribution in [0.3, 0.4) is 0 Å². The predicted octanol–water partition coefficient (Wildman–Crippen LogP) is 5.24. The van der Waals surface area contributed by atoms with Gasteiger partial charge in [-0.15, -0.1) is 10.2 Å². The molecule has 0 aliphatic rings. The Labute approximate surface area is 161 Å². The molecule has 0 radical (unpaired) electrons. The third-order valence-corrected chi connectivity index (χ3v) is 4.72. The summed E-state index contributed by atoms with van der Waals surface area (Å²) in [5, 5.41) is 11.7. The maximum Gasteiger partial charge on any atom is 0.277 e. The SMILES string of the molecule is CC(C)c1ccc(NC(=O)CSc2nnc(-c3cccc(Cl)c3)o2)cc1. The van der Waals surface area contributed by atoms with Crippen LogP contribution in [0.15, 0.2) is 58.2 Å². The van der Waals surface area contributed by atoms with Crippen molar-refractivity contribution in [1.29, 1.82) is 0 Å². The number of thioether (sulfide) groups is 1. The molecule has 2 aromatic carbocycles. The van der Waals surface area contributed by atoms with E-state index in [1.54, 1.807) is 12.1 Å². The van der Waals surface area contributed by atoms with Crippen molar-refractivity contribution in [2.75, 3.05) is 11.1 Å². The summed E-state index contributed by atoms with van der Waals surface area (Å²) in [6, 6.07) is 15.0. The highest BCUT2D eigenvalue weighted by Crippen LogP contribution is 2.25. The molecule has 0 saturated carbocycles. The van der Waals surface area contributed by atoms with E-state index >= 15 is 0 Å². The lowest BCUT2D eigenvalue weighted by atomic mass is 10.0. The molecule has 134 valence electrons. The average molecular weight is 388 g/mol. The number of rotatable bonds is 6. The number of nitrogens with one attached hydrogen (secondary N) is 1. The van der Waals surface area contributed by atoms with E-state index in [4.69, 9.17) is 16.0 Å². The summed E-state index contributed by atoms with van der Waals surface area (Å²) in [6.45, 7) is 4.26. The molecular weight excluding hydrogens is 370 g/mol. The van der Waals surface area contributed by atoms with E-state index in [1.165, 1.54) is 17.3 Å². The lowest BCUT2D eigenvalue weighted by Gasteiger charge is -2.07. The van der Waals surface area contributed by atoms with Gasteiger partial charge in [-0.05, 0) is 41.8 Å². The fraction of sp³-hybridized carbons (Fsp3) is 0.211. The van der Waals surface area contributed by atoms with Gasteiger partial charge in [0.05, 0.1) is 5.75 Å². The van der Waals surface area contributed by atoms with Crippen LogP contribution in [0.5, 0.6) is 0 Å². The topological polar surface area (TPSA) is 68.0 Å². The highest BCUT2D eigenvalue weighted by molar-refractivity contribution is 7.99. The molecule has 0 fully saturated rings. The number of anilines is 1. The Balaban J connectivity index is 1.55. The number of aromatic nitrogens is 2. The predicted molar refractivity (Wildman–Crippen MR) is 105 cm³/mol. The van der Waals surface area contributed by atoms with Crippen LogP contribution >= 0.6 is 23.4 Å². The smallest absolute Gasteiger partial charge is 0.277 e. The molecule has 0 aliphatic carbocycles. The van der Waals surface area contributed by atoms with Crippen LogP contribution in [-0.4, -0.2) is 21.9 Å². The zero-order valence-corrected chi connectivity index (χ0v) is 16.0. The Morgan fingerprint density at radius 3 is 2.65 bits per heavy atom. The summed E-state index contributed by atoms with van der Waals surface area (Å²) in [7, 11) is 0. The maximum absolute atomic E-state index is 12.1. The van der Waals surface area contributed by atoms with Gasteiger partial charge in [0.15, 0.2) is 0 Å². The largest absolute Gasteiger partial charge is 0.411 e. The summed E-state index contributed by atoms with van der Waals surface area (Å²) in [5.74, 6) is 0.888. The number of hydrogen-bond acceptors (Lipinski definition) is 5. The molecule has 0 aliphatic heterocycles. The van der Waals surface area contributed by atoms with Gasteiger partial charge in [0.1, 0.15) is 0 Å². The van der Waals surface area contributed by atoms with E-state index < -0.39 is 0 Å². The van der Waals surface area contributed by atoms with E-state index in [9.17, 15) is 4.79 Å². The van der Waals surface area contributed by atoms with Crippen LogP contribution in [-0.2, 0) is 4.79 Å². The van der Waals surface area contributed by atoms with Crippen molar-refractivity contribution < 1.29 is 9.21 Å². The van der Waals surface area contributed by atoms with E-state index in [0.717, 1.165) is 11.3 Å². The van der Waals surface area contributed by atoms with Gasteiger partial charge >= 0.3 is 0 Å². The number of nitrogens with zero attached hydrogens (tertiary/aromatic N) is 2. The second-order valence-electron chi connectivity index (χ2n) is 6.00. The van der Waals surface area contributed by atoms with Crippen LogP contribution in [0.1, 0.15) is 25.3 Å². The Morgan fingerprint density at radius 2 is 1.96 bits per heavy atom. The molecule has 0 atom stereocenters. The first-order chi connectivity index (χ1) is 12.5. The Hall–Kier alpha value is -2.31. The second kappa shape index (κ2) is 8.38. The van der Waals surface area contributed by atoms with Gasteiger partial charge in [-0.3, -0.25) is 4.79 Å². The van der Waals surface area contributed by atoms with Crippen molar-refractivity contribution in [3.8, 4) is 11.5 Å². The lowest BCUT2D eigenvalue weighted by molar-refractivity contribution is -0.113. The number of hydrogen-bond donors (Lipinski definition) is 1. The van der Waals surface area contributed by atoms with E-state index in [2.05, 4.69) is 29.4 Å². The minimum atomic E-state index is -0.130. The molecule has 0 spiro atoms. The van der Waals surface area contributed by atoms with Gasteiger partial charge in [0.25, 0.3) is 5.22 Å². The molecule has 0 bridgehead atoms. The monoisotopic (exact) mass is 387 g/mol. The maximum atomic E-state index is 12.1. The quantitative estimate of drug-likeness (QED) is 0.585. The van der Waals surface area contributed by atoms with Gasteiger partial charge in [-0.1, -0.05) is 55.4 Å². The highest BCUT2D eigenvalue weighted by atomic mass is 35.5. The summed E-state index contributed by atoms with van der Waals surface area (Å²) in [5.41, 5.74) is 2.74. The minimum absolute atomic E-state index is 0.130. The third kappa shape index (κ3) is 4.86. The fourth-order valence-electron chi connectivity index (χ4n) is 2.28. The molecule has 7 heteroatoms. The third-order valence-electron chi connectivity index (χ3n) is 3.67. The standard InChI is InChI=1S/C19H18ClN3O2S/c1-12(2)13-6-8-16(9-7-13)21-17(24)11-26-19-23-22-18(25-19)14-4-3-5-15(20)10-14/h3-10,12H,11H2,1-2H3,(H,21,24). The molecule has 5 nitrogen and oxygen atoms in total. The van der Waals surface area contributed by atoms with Crippen molar-refractivity contribution in [3.05, 3.63) is 59.1 Å². The summed E-state index contributed by atoms with van der Waals surface area (Å²) >= 11 is 7.15. The molecule has 1 heterocycles. The van der Waals surface area contributed by atoms with Crippen LogP contribution in [0.4, 0.5) is 5.69 Å². The lowest BCUT2D eigenvalue weighted by Crippen LogP contribution is -2.14. The molecular formula is C19H18ClN3O2S. The fourth-order valence-corrected chi connectivity index (χ4v) is 3.04. The molecule has 1 amide bonds. The van der Waals surface area contributed by atoms with Crippen molar-refractivity contribution >= 4 is 35.0 Å². The van der Waals surface area contributed by atoms with Gasteiger partial charge in [0.2, 0.25) is 11.8 Å². The van der Waals surface area contributed by atoms with Crippen LogP contribution in [0, 0.1) is 0 Å². The molecule has 1 aromatic heterocycles. The van der Waals surface area contributed by atoms with Gasteiger partial charge < -0.3 is 9.73 Å².